The standard InChI is InChI=1S/C32H39FN8O2/c1-9-29(42)36-25-18-23(12-13-26(25)40(8)15-14-38(4)5)35-32-34-19-24(33)30(37-32)22-11-10-21-16-28(31(43)39(6)7)41(20(2)3)27(21)17-22/h9-13,16-20H,1,14-15H2,2-8H3,(H,36,42)(H,34,35,37). The Morgan fingerprint density at radius 1 is 1.05 bits per heavy atom. The van der Waals surface area contributed by atoms with Crippen molar-refractivity contribution < 1.29 is 14.0 Å². The number of hydrogen-bond donors (Lipinski definition) is 2. The highest BCUT2D eigenvalue weighted by Crippen LogP contribution is 2.32. The van der Waals surface area contributed by atoms with Crippen LogP contribution in [0.1, 0.15) is 30.4 Å². The third-order valence-corrected chi connectivity index (χ3v) is 6.99. The van der Waals surface area contributed by atoms with E-state index < -0.39 is 5.82 Å². The van der Waals surface area contributed by atoms with E-state index in [1.807, 2.05) is 69.9 Å². The molecule has 2 aromatic heterocycles. The van der Waals surface area contributed by atoms with Crippen LogP contribution < -0.4 is 15.5 Å². The highest BCUT2D eigenvalue weighted by Gasteiger charge is 2.20. The van der Waals surface area contributed by atoms with E-state index in [9.17, 15) is 9.59 Å². The van der Waals surface area contributed by atoms with Crippen LogP contribution in [0.25, 0.3) is 22.2 Å². The molecule has 0 aliphatic heterocycles. The summed E-state index contributed by atoms with van der Waals surface area (Å²) in [6.07, 6.45) is 2.34. The van der Waals surface area contributed by atoms with Crippen molar-refractivity contribution in [2.24, 2.45) is 0 Å². The van der Waals surface area contributed by atoms with E-state index in [0.29, 0.717) is 22.6 Å². The second-order valence-electron chi connectivity index (χ2n) is 11.1. The number of anilines is 4. The van der Waals surface area contributed by atoms with E-state index in [4.69, 9.17) is 0 Å². The molecule has 0 atom stereocenters. The number of rotatable bonds is 11. The van der Waals surface area contributed by atoms with E-state index in [-0.39, 0.29) is 29.5 Å². The van der Waals surface area contributed by atoms with Crippen LogP contribution in [-0.2, 0) is 4.79 Å². The molecule has 2 aromatic carbocycles. The average Bonchev–Trinajstić information content (AvgIpc) is 3.35. The van der Waals surface area contributed by atoms with Gasteiger partial charge in [-0.05, 0) is 64.4 Å². The minimum absolute atomic E-state index is 0.000186. The third kappa shape index (κ3) is 7.00. The number of nitrogens with zero attached hydrogens (tertiary/aromatic N) is 6. The molecule has 0 unspecified atom stereocenters. The lowest BCUT2D eigenvalue weighted by Crippen LogP contribution is -2.29. The Morgan fingerprint density at radius 3 is 2.44 bits per heavy atom. The van der Waals surface area contributed by atoms with Crippen LogP contribution in [0.2, 0.25) is 0 Å². The Labute approximate surface area is 251 Å². The molecule has 0 saturated carbocycles. The summed E-state index contributed by atoms with van der Waals surface area (Å²) in [6, 6.07) is 12.9. The Kier molecular flexibility index (Phi) is 9.45. The zero-order valence-corrected chi connectivity index (χ0v) is 25.8. The summed E-state index contributed by atoms with van der Waals surface area (Å²) in [6.45, 7) is 9.14. The second kappa shape index (κ2) is 13.0. The first-order chi connectivity index (χ1) is 20.4. The smallest absolute Gasteiger partial charge is 0.270 e. The van der Waals surface area contributed by atoms with Crippen LogP contribution >= 0.6 is 0 Å². The molecule has 4 rings (SSSR count). The summed E-state index contributed by atoms with van der Waals surface area (Å²) in [5.74, 6) is -0.829. The van der Waals surface area contributed by atoms with Crippen LogP contribution in [0.5, 0.6) is 0 Å². The fourth-order valence-electron chi connectivity index (χ4n) is 4.78. The van der Waals surface area contributed by atoms with Crippen molar-refractivity contribution in [1.29, 1.82) is 0 Å². The van der Waals surface area contributed by atoms with Crippen molar-refractivity contribution in [1.82, 2.24) is 24.3 Å². The molecule has 0 aliphatic carbocycles. The second-order valence-corrected chi connectivity index (χ2v) is 11.1. The van der Waals surface area contributed by atoms with Gasteiger partial charge < -0.3 is 29.9 Å². The number of carbonyl (C=O) groups is 2. The first-order valence-electron chi connectivity index (χ1n) is 14.0. The predicted molar refractivity (Wildman–Crippen MR) is 172 cm³/mol. The Hall–Kier alpha value is -4.77. The summed E-state index contributed by atoms with van der Waals surface area (Å²) < 4.78 is 17.1. The van der Waals surface area contributed by atoms with Gasteiger partial charge in [-0.15, -0.1) is 0 Å². The minimum Gasteiger partial charge on any atom is -0.372 e. The summed E-state index contributed by atoms with van der Waals surface area (Å²) in [4.78, 5) is 39.4. The number of hydrogen-bond acceptors (Lipinski definition) is 7. The van der Waals surface area contributed by atoms with E-state index in [0.717, 1.165) is 35.9 Å². The molecule has 4 aromatic rings. The molecule has 0 fully saturated rings. The SMILES string of the molecule is C=CC(=O)Nc1cc(Nc2ncc(F)c(-c3ccc4cc(C(=O)N(C)C)n(C(C)C)c4c3)n2)ccc1N(C)CCN(C)C. The molecule has 43 heavy (non-hydrogen) atoms. The Morgan fingerprint density at radius 2 is 1.79 bits per heavy atom. The maximum absolute atomic E-state index is 15.1. The highest BCUT2D eigenvalue weighted by atomic mass is 19.1. The third-order valence-electron chi connectivity index (χ3n) is 6.99. The van der Waals surface area contributed by atoms with Gasteiger partial charge in [0.2, 0.25) is 11.9 Å². The summed E-state index contributed by atoms with van der Waals surface area (Å²) in [5.41, 5.74) is 4.07. The van der Waals surface area contributed by atoms with E-state index in [1.165, 1.54) is 6.08 Å². The quantitative estimate of drug-likeness (QED) is 0.228. The fraction of sp³-hybridized carbons (Fsp3) is 0.312. The van der Waals surface area contributed by atoms with Crippen molar-refractivity contribution >= 4 is 45.7 Å². The van der Waals surface area contributed by atoms with Crippen LogP contribution in [0.4, 0.5) is 27.4 Å². The Balaban J connectivity index is 1.69. The van der Waals surface area contributed by atoms with Crippen molar-refractivity contribution in [2.75, 3.05) is 63.9 Å². The highest BCUT2D eigenvalue weighted by molar-refractivity contribution is 6.02. The minimum atomic E-state index is -0.575. The lowest BCUT2D eigenvalue weighted by molar-refractivity contribution is -0.111. The zero-order valence-electron chi connectivity index (χ0n) is 25.8. The molecule has 0 saturated heterocycles. The summed E-state index contributed by atoms with van der Waals surface area (Å²) >= 11 is 0. The molecule has 226 valence electrons. The van der Waals surface area contributed by atoms with Crippen molar-refractivity contribution in [3.05, 3.63) is 72.8 Å². The number of carbonyl (C=O) groups excluding carboxylic acids is 2. The largest absolute Gasteiger partial charge is 0.372 e. The molecule has 11 heteroatoms. The molecule has 10 nitrogen and oxygen atoms in total. The van der Waals surface area contributed by atoms with E-state index in [1.54, 1.807) is 31.1 Å². The first kappa shape index (κ1) is 31.2. The van der Waals surface area contributed by atoms with E-state index in [2.05, 4.69) is 37.0 Å². The maximum Gasteiger partial charge on any atom is 0.270 e. The monoisotopic (exact) mass is 586 g/mol. The zero-order chi connectivity index (χ0) is 31.4. The maximum atomic E-state index is 15.1. The Bertz CT molecular complexity index is 1660. The molecule has 0 aliphatic rings. The fourth-order valence-corrected chi connectivity index (χ4v) is 4.78. The molecule has 0 radical (unpaired) electrons. The average molecular weight is 587 g/mol. The lowest BCUT2D eigenvalue weighted by atomic mass is 10.1. The number of amides is 2. The molecule has 2 N–H and O–H groups in total. The number of likely N-dealkylation sites (N-methyl/N-ethyl adjacent to an activating group) is 2. The van der Waals surface area contributed by atoms with Gasteiger partial charge in [-0.1, -0.05) is 18.7 Å². The van der Waals surface area contributed by atoms with Crippen LogP contribution in [0, 0.1) is 5.82 Å². The van der Waals surface area contributed by atoms with Gasteiger partial charge in [0, 0.05) is 62.4 Å². The van der Waals surface area contributed by atoms with Crippen LogP contribution in [0.15, 0.2) is 61.3 Å². The van der Waals surface area contributed by atoms with E-state index >= 15 is 4.39 Å². The van der Waals surface area contributed by atoms with Gasteiger partial charge in [-0.2, -0.15) is 0 Å². The predicted octanol–water partition coefficient (Wildman–Crippen LogP) is 5.39. The molecule has 2 amide bonds. The number of nitrogens with one attached hydrogen (secondary N) is 2. The molecule has 0 bridgehead atoms. The number of aromatic nitrogens is 3. The lowest BCUT2D eigenvalue weighted by Gasteiger charge is -2.24. The van der Waals surface area contributed by atoms with Gasteiger partial charge in [0.05, 0.1) is 17.6 Å². The van der Waals surface area contributed by atoms with Gasteiger partial charge in [0.1, 0.15) is 11.4 Å². The van der Waals surface area contributed by atoms with Crippen LogP contribution in [0.3, 0.4) is 0 Å². The van der Waals surface area contributed by atoms with Crippen molar-refractivity contribution in [3.63, 3.8) is 0 Å². The molecule has 0 spiro atoms. The van der Waals surface area contributed by atoms with Gasteiger partial charge in [-0.25, -0.2) is 14.4 Å². The van der Waals surface area contributed by atoms with Gasteiger partial charge in [0.25, 0.3) is 5.91 Å². The summed E-state index contributed by atoms with van der Waals surface area (Å²) in [5, 5.41) is 6.88. The normalized spacial score (nSPS) is 11.2. The molecular weight excluding hydrogens is 547 g/mol. The molecule has 2 heterocycles. The topological polar surface area (TPSA) is 98.6 Å². The number of halogens is 1. The van der Waals surface area contributed by atoms with Gasteiger partial charge in [-0.3, -0.25) is 9.59 Å². The first-order valence-corrected chi connectivity index (χ1v) is 14.0. The van der Waals surface area contributed by atoms with Crippen LogP contribution in [-0.4, -0.2) is 84.5 Å². The summed E-state index contributed by atoms with van der Waals surface area (Å²) in [7, 11) is 9.39. The van der Waals surface area contributed by atoms with Gasteiger partial charge >= 0.3 is 0 Å². The van der Waals surface area contributed by atoms with Crippen molar-refractivity contribution in [3.8, 4) is 11.3 Å². The molecular formula is C32H39FN8O2. The number of benzene rings is 2. The van der Waals surface area contributed by atoms with Crippen molar-refractivity contribution in [2.45, 2.75) is 19.9 Å². The van der Waals surface area contributed by atoms with Gasteiger partial charge in [0.15, 0.2) is 5.82 Å². The number of fused-ring (bicyclic) bond motifs is 1.